The van der Waals surface area contributed by atoms with Gasteiger partial charge in [-0.05, 0) is 19.8 Å². The highest BCUT2D eigenvalue weighted by Gasteiger charge is 2.29. The van der Waals surface area contributed by atoms with E-state index >= 15 is 0 Å². The molecule has 3 atom stereocenters. The molecule has 1 fully saturated rings. The fraction of sp³-hybridized carbons (Fsp3) is 0.364. The first-order valence-electron chi connectivity index (χ1n) is 9.23. The van der Waals surface area contributed by atoms with Gasteiger partial charge in [0.05, 0.1) is 12.7 Å². The second-order valence-corrected chi connectivity index (χ2v) is 6.57. The van der Waals surface area contributed by atoms with Crippen molar-refractivity contribution in [2.24, 2.45) is 0 Å². The Labute approximate surface area is 159 Å². The van der Waals surface area contributed by atoms with Gasteiger partial charge in [-0.25, -0.2) is 4.79 Å². The van der Waals surface area contributed by atoms with Gasteiger partial charge in [0, 0.05) is 17.7 Å². The third-order valence-electron chi connectivity index (χ3n) is 4.52. The van der Waals surface area contributed by atoms with E-state index in [9.17, 15) is 9.59 Å². The zero-order valence-electron chi connectivity index (χ0n) is 15.4. The fourth-order valence-electron chi connectivity index (χ4n) is 2.96. The van der Waals surface area contributed by atoms with E-state index in [0.29, 0.717) is 17.7 Å². The van der Waals surface area contributed by atoms with E-state index in [-0.39, 0.29) is 11.9 Å². The highest BCUT2D eigenvalue weighted by atomic mass is 16.6. The Kier molecular flexibility index (Phi) is 6.74. The molecule has 2 aromatic rings. The smallest absolute Gasteiger partial charge is 0.336 e. The maximum atomic E-state index is 12.9. The van der Waals surface area contributed by atoms with Crippen LogP contribution in [0.5, 0.6) is 0 Å². The topological polar surface area (TPSA) is 61.8 Å². The van der Waals surface area contributed by atoms with Crippen LogP contribution in [0.25, 0.3) is 0 Å². The monoisotopic (exact) mass is 368 g/mol. The molecular formula is C22H24O5. The number of hydrogen-bond acceptors (Lipinski definition) is 5. The van der Waals surface area contributed by atoms with Crippen molar-refractivity contribution in [1.82, 2.24) is 0 Å². The molecule has 0 amide bonds. The van der Waals surface area contributed by atoms with Crippen LogP contribution in [-0.4, -0.2) is 37.2 Å². The number of carbonyl (C=O) groups is 2. The van der Waals surface area contributed by atoms with E-state index < -0.39 is 18.2 Å². The number of carbonyl (C=O) groups excluding carboxylic acids is 2. The summed E-state index contributed by atoms with van der Waals surface area (Å²) in [6.45, 7) is 2.71. The van der Waals surface area contributed by atoms with E-state index in [0.717, 1.165) is 19.4 Å². The van der Waals surface area contributed by atoms with Gasteiger partial charge in [-0.3, -0.25) is 4.79 Å². The zero-order chi connectivity index (χ0) is 19.1. The van der Waals surface area contributed by atoms with Crippen molar-refractivity contribution >= 4 is 11.8 Å². The van der Waals surface area contributed by atoms with Gasteiger partial charge in [-0.2, -0.15) is 0 Å². The molecule has 142 valence electrons. The van der Waals surface area contributed by atoms with Crippen molar-refractivity contribution in [3.8, 4) is 0 Å². The Morgan fingerprint density at radius 1 is 1.07 bits per heavy atom. The Balaban J connectivity index is 1.69. The molecule has 0 bridgehead atoms. The molecule has 1 aliphatic rings. The van der Waals surface area contributed by atoms with E-state index in [1.54, 1.807) is 43.3 Å². The second kappa shape index (κ2) is 9.44. The molecule has 5 heteroatoms. The number of benzene rings is 2. The molecule has 1 aliphatic heterocycles. The summed E-state index contributed by atoms with van der Waals surface area (Å²) in [6, 6.07) is 17.8. The van der Waals surface area contributed by atoms with Crippen molar-refractivity contribution in [3.63, 3.8) is 0 Å². The van der Waals surface area contributed by atoms with Crippen LogP contribution in [0.4, 0.5) is 0 Å². The van der Waals surface area contributed by atoms with Gasteiger partial charge in [0.25, 0.3) is 0 Å². The minimum Gasteiger partial charge on any atom is -0.447 e. The summed E-state index contributed by atoms with van der Waals surface area (Å²) in [4.78, 5) is 25.5. The van der Waals surface area contributed by atoms with E-state index in [1.807, 2.05) is 24.3 Å². The van der Waals surface area contributed by atoms with Gasteiger partial charge in [-0.1, -0.05) is 60.7 Å². The van der Waals surface area contributed by atoms with Crippen molar-refractivity contribution in [2.45, 2.75) is 38.1 Å². The third-order valence-corrected chi connectivity index (χ3v) is 4.52. The van der Waals surface area contributed by atoms with E-state index in [4.69, 9.17) is 14.2 Å². The average molecular weight is 368 g/mol. The van der Waals surface area contributed by atoms with Crippen LogP contribution >= 0.6 is 0 Å². The van der Waals surface area contributed by atoms with Gasteiger partial charge in [0.1, 0.15) is 0 Å². The predicted octanol–water partition coefficient (Wildman–Crippen LogP) is 3.74. The minimum absolute atomic E-state index is 0.0242. The highest BCUT2D eigenvalue weighted by molar-refractivity contribution is 6.01. The molecule has 2 aromatic carbocycles. The summed E-state index contributed by atoms with van der Waals surface area (Å²) in [5.74, 6) is -0.826. The number of esters is 1. The SMILES string of the molecule is CC(OCC1CCCO1)C(=O)OC(C(=O)c1ccccc1)c1ccccc1. The largest absolute Gasteiger partial charge is 0.447 e. The van der Waals surface area contributed by atoms with Crippen LogP contribution in [0, 0.1) is 0 Å². The van der Waals surface area contributed by atoms with Gasteiger partial charge >= 0.3 is 5.97 Å². The summed E-state index contributed by atoms with van der Waals surface area (Å²) in [5, 5.41) is 0. The summed E-state index contributed by atoms with van der Waals surface area (Å²) in [7, 11) is 0. The summed E-state index contributed by atoms with van der Waals surface area (Å²) >= 11 is 0. The molecule has 27 heavy (non-hydrogen) atoms. The van der Waals surface area contributed by atoms with E-state index in [2.05, 4.69) is 0 Å². The van der Waals surface area contributed by atoms with Gasteiger partial charge in [0.2, 0.25) is 5.78 Å². The molecule has 0 aliphatic carbocycles. The fourth-order valence-corrected chi connectivity index (χ4v) is 2.96. The number of rotatable bonds is 8. The number of Topliss-reactive ketones (excluding diaryl/α,β-unsaturated/α-hetero) is 1. The molecule has 3 rings (SSSR count). The molecular weight excluding hydrogens is 344 g/mol. The molecule has 5 nitrogen and oxygen atoms in total. The molecule has 1 heterocycles. The van der Waals surface area contributed by atoms with E-state index in [1.165, 1.54) is 0 Å². The lowest BCUT2D eigenvalue weighted by molar-refractivity contribution is -0.161. The second-order valence-electron chi connectivity index (χ2n) is 6.57. The van der Waals surface area contributed by atoms with Crippen LogP contribution in [0.15, 0.2) is 60.7 Å². The lowest BCUT2D eigenvalue weighted by atomic mass is 10.00. The van der Waals surface area contributed by atoms with Crippen molar-refractivity contribution < 1.29 is 23.8 Å². The lowest BCUT2D eigenvalue weighted by Gasteiger charge is -2.21. The van der Waals surface area contributed by atoms with Gasteiger partial charge < -0.3 is 14.2 Å². The first-order valence-corrected chi connectivity index (χ1v) is 9.23. The van der Waals surface area contributed by atoms with Gasteiger partial charge in [0.15, 0.2) is 12.2 Å². The van der Waals surface area contributed by atoms with Crippen LogP contribution in [0.2, 0.25) is 0 Å². The van der Waals surface area contributed by atoms with Crippen LogP contribution < -0.4 is 0 Å². The predicted molar refractivity (Wildman–Crippen MR) is 100 cm³/mol. The quantitative estimate of drug-likeness (QED) is 0.525. The molecule has 0 spiro atoms. The third kappa shape index (κ3) is 5.25. The number of ether oxygens (including phenoxy) is 3. The summed E-state index contributed by atoms with van der Waals surface area (Å²) in [5.41, 5.74) is 1.12. The zero-order valence-corrected chi connectivity index (χ0v) is 15.4. The van der Waals surface area contributed by atoms with Crippen molar-refractivity contribution in [1.29, 1.82) is 0 Å². The standard InChI is InChI=1S/C22H24O5/c1-16(26-15-19-13-8-14-25-19)22(24)27-21(18-11-6-3-7-12-18)20(23)17-9-4-2-5-10-17/h2-7,9-12,16,19,21H,8,13-15H2,1H3. The van der Waals surface area contributed by atoms with Crippen LogP contribution in [0.3, 0.4) is 0 Å². The lowest BCUT2D eigenvalue weighted by Crippen LogP contribution is -2.30. The maximum Gasteiger partial charge on any atom is 0.336 e. The summed E-state index contributed by atoms with van der Waals surface area (Å²) in [6.07, 6.45) is 0.185. The minimum atomic E-state index is -1.00. The summed E-state index contributed by atoms with van der Waals surface area (Å²) < 4.78 is 16.7. The van der Waals surface area contributed by atoms with Gasteiger partial charge in [-0.15, -0.1) is 0 Å². The number of hydrogen-bond donors (Lipinski definition) is 0. The Bertz CT molecular complexity index is 738. The molecule has 0 aromatic heterocycles. The Morgan fingerprint density at radius 3 is 2.37 bits per heavy atom. The molecule has 0 saturated carbocycles. The molecule has 3 unspecified atom stereocenters. The first kappa shape index (κ1) is 19.3. The Morgan fingerprint density at radius 2 is 1.74 bits per heavy atom. The first-order chi connectivity index (χ1) is 13.1. The maximum absolute atomic E-state index is 12.9. The molecule has 0 N–H and O–H groups in total. The Hall–Kier alpha value is -2.50. The van der Waals surface area contributed by atoms with Crippen molar-refractivity contribution in [2.75, 3.05) is 13.2 Å². The average Bonchev–Trinajstić information content (AvgIpc) is 3.24. The molecule has 0 radical (unpaired) electrons. The highest BCUT2D eigenvalue weighted by Crippen LogP contribution is 2.23. The number of ketones is 1. The van der Waals surface area contributed by atoms with Crippen LogP contribution in [0.1, 0.15) is 41.8 Å². The molecule has 1 saturated heterocycles. The van der Waals surface area contributed by atoms with Crippen molar-refractivity contribution in [3.05, 3.63) is 71.8 Å². The van der Waals surface area contributed by atoms with Crippen LogP contribution in [-0.2, 0) is 19.0 Å². The normalized spacial score (nSPS) is 18.6.